The molecular formula is C11H16BO. The summed E-state index contributed by atoms with van der Waals surface area (Å²) in [5, 5.41) is 0. The predicted molar refractivity (Wildman–Crippen MR) is 58.0 cm³/mol. The normalized spacial score (nSPS) is 21.6. The fraction of sp³-hybridized carbons (Fsp3) is 0.455. The minimum atomic E-state index is 0.443. The van der Waals surface area contributed by atoms with Gasteiger partial charge in [0.15, 0.2) is 0 Å². The van der Waals surface area contributed by atoms with E-state index in [-0.39, 0.29) is 0 Å². The Labute approximate surface area is 81.4 Å². The minimum absolute atomic E-state index is 0.443. The number of allylic oxidation sites excluding steroid dienone is 5. The Hall–Kier alpha value is -0.915. The molecule has 2 heteroatoms. The van der Waals surface area contributed by atoms with Crippen molar-refractivity contribution < 1.29 is 4.74 Å². The summed E-state index contributed by atoms with van der Waals surface area (Å²) in [7, 11) is 3.89. The van der Waals surface area contributed by atoms with E-state index in [0.717, 1.165) is 12.2 Å². The molecule has 0 fully saturated rings. The number of hydrogen-bond donors (Lipinski definition) is 0. The first kappa shape index (κ1) is 10.2. The fourth-order valence-corrected chi connectivity index (χ4v) is 1.34. The lowest BCUT2D eigenvalue weighted by atomic mass is 9.66. The van der Waals surface area contributed by atoms with Crippen LogP contribution in [-0.4, -0.2) is 14.4 Å². The Kier molecular flexibility index (Phi) is 3.87. The summed E-state index contributed by atoms with van der Waals surface area (Å²) in [6, 6.07) is 0. The maximum Gasteiger partial charge on any atom is 0.120 e. The van der Waals surface area contributed by atoms with Crippen LogP contribution in [0, 0.1) is 0 Å². The van der Waals surface area contributed by atoms with E-state index in [1.165, 1.54) is 5.57 Å². The highest BCUT2D eigenvalue weighted by atomic mass is 16.5. The third-order valence-electron chi connectivity index (χ3n) is 2.25. The SMILES string of the molecule is C[B]C1C=CC(OC)=CC(CC)=C1. The quantitative estimate of drug-likeness (QED) is 0.599. The molecule has 0 N–H and O–H groups in total. The van der Waals surface area contributed by atoms with Gasteiger partial charge in [-0.25, -0.2) is 0 Å². The van der Waals surface area contributed by atoms with Gasteiger partial charge in [-0.3, -0.25) is 0 Å². The summed E-state index contributed by atoms with van der Waals surface area (Å²) in [5.41, 5.74) is 1.34. The van der Waals surface area contributed by atoms with Crippen LogP contribution in [0.2, 0.25) is 12.6 Å². The third kappa shape index (κ3) is 2.80. The molecule has 0 aromatic rings. The van der Waals surface area contributed by atoms with Gasteiger partial charge in [-0.15, -0.1) is 0 Å². The van der Waals surface area contributed by atoms with E-state index >= 15 is 0 Å². The van der Waals surface area contributed by atoms with Crippen molar-refractivity contribution >= 4 is 7.28 Å². The molecule has 0 saturated heterocycles. The van der Waals surface area contributed by atoms with Crippen molar-refractivity contribution in [1.82, 2.24) is 0 Å². The van der Waals surface area contributed by atoms with Crippen LogP contribution in [-0.2, 0) is 4.74 Å². The van der Waals surface area contributed by atoms with Gasteiger partial charge in [-0.1, -0.05) is 25.9 Å². The van der Waals surface area contributed by atoms with E-state index in [1.807, 2.05) is 6.08 Å². The molecule has 0 aliphatic heterocycles. The number of rotatable bonds is 3. The molecule has 0 heterocycles. The zero-order valence-corrected chi connectivity index (χ0v) is 8.58. The maximum absolute atomic E-state index is 5.22. The van der Waals surface area contributed by atoms with Crippen molar-refractivity contribution in [3.8, 4) is 0 Å². The molecule has 1 aliphatic rings. The Morgan fingerprint density at radius 2 is 2.31 bits per heavy atom. The van der Waals surface area contributed by atoms with E-state index in [0.29, 0.717) is 5.82 Å². The van der Waals surface area contributed by atoms with Crippen molar-refractivity contribution in [3.05, 3.63) is 35.6 Å². The molecule has 1 unspecified atom stereocenters. The van der Waals surface area contributed by atoms with Gasteiger partial charge in [0.25, 0.3) is 0 Å². The summed E-state index contributed by atoms with van der Waals surface area (Å²) in [6.45, 7) is 4.24. The second-order valence-corrected chi connectivity index (χ2v) is 3.12. The van der Waals surface area contributed by atoms with Crippen LogP contribution in [0.3, 0.4) is 0 Å². The van der Waals surface area contributed by atoms with E-state index < -0.39 is 0 Å². The Morgan fingerprint density at radius 1 is 1.54 bits per heavy atom. The molecule has 1 nitrogen and oxygen atoms in total. The van der Waals surface area contributed by atoms with Crippen molar-refractivity contribution in [2.45, 2.75) is 26.0 Å². The molecule has 1 radical (unpaired) electrons. The average Bonchev–Trinajstić information content (AvgIpc) is 2.39. The van der Waals surface area contributed by atoms with Crippen LogP contribution >= 0.6 is 0 Å². The molecule has 0 aromatic carbocycles. The van der Waals surface area contributed by atoms with Crippen LogP contribution in [0.15, 0.2) is 35.6 Å². The van der Waals surface area contributed by atoms with E-state index in [2.05, 4.69) is 39.3 Å². The van der Waals surface area contributed by atoms with Gasteiger partial charge in [0, 0.05) is 0 Å². The van der Waals surface area contributed by atoms with Crippen LogP contribution in [0.5, 0.6) is 0 Å². The van der Waals surface area contributed by atoms with Crippen LogP contribution in [0.4, 0.5) is 0 Å². The lowest BCUT2D eigenvalue weighted by Gasteiger charge is -2.02. The summed E-state index contributed by atoms with van der Waals surface area (Å²) >= 11 is 0. The molecule has 0 saturated carbocycles. The lowest BCUT2D eigenvalue weighted by molar-refractivity contribution is 0.306. The van der Waals surface area contributed by atoms with Crippen LogP contribution in [0.25, 0.3) is 0 Å². The van der Waals surface area contributed by atoms with Crippen molar-refractivity contribution in [1.29, 1.82) is 0 Å². The summed E-state index contributed by atoms with van der Waals surface area (Å²) in [6.07, 6.45) is 9.60. The second kappa shape index (κ2) is 4.95. The summed E-state index contributed by atoms with van der Waals surface area (Å²) < 4.78 is 5.22. The zero-order valence-electron chi connectivity index (χ0n) is 8.58. The van der Waals surface area contributed by atoms with Gasteiger partial charge >= 0.3 is 0 Å². The van der Waals surface area contributed by atoms with Gasteiger partial charge in [-0.05, 0) is 30.0 Å². The van der Waals surface area contributed by atoms with E-state index in [9.17, 15) is 0 Å². The molecular weight excluding hydrogens is 159 g/mol. The molecule has 1 rings (SSSR count). The largest absolute Gasteiger partial charge is 0.497 e. The second-order valence-electron chi connectivity index (χ2n) is 3.12. The smallest absolute Gasteiger partial charge is 0.120 e. The Balaban J connectivity index is 2.86. The molecule has 13 heavy (non-hydrogen) atoms. The Bertz CT molecular complexity index is 251. The van der Waals surface area contributed by atoms with Gasteiger partial charge < -0.3 is 4.74 Å². The maximum atomic E-state index is 5.22. The van der Waals surface area contributed by atoms with Gasteiger partial charge in [-0.2, -0.15) is 0 Å². The minimum Gasteiger partial charge on any atom is -0.497 e. The lowest BCUT2D eigenvalue weighted by Crippen LogP contribution is -1.92. The van der Waals surface area contributed by atoms with Crippen molar-refractivity contribution in [3.63, 3.8) is 0 Å². The molecule has 69 valence electrons. The number of methoxy groups -OCH3 is 1. The third-order valence-corrected chi connectivity index (χ3v) is 2.25. The molecule has 1 aliphatic carbocycles. The summed E-state index contributed by atoms with van der Waals surface area (Å²) in [4.78, 5) is 0. The van der Waals surface area contributed by atoms with E-state index in [1.54, 1.807) is 7.11 Å². The molecule has 1 atom stereocenters. The Morgan fingerprint density at radius 3 is 2.85 bits per heavy atom. The predicted octanol–water partition coefficient (Wildman–Crippen LogP) is 2.96. The number of hydrogen-bond acceptors (Lipinski definition) is 1. The standard InChI is InChI=1S/C11H16BO/c1-4-9-7-10(12-2)5-6-11(8-9)13-3/h5-8,10H,4H2,1-3H3. The molecule has 0 bridgehead atoms. The van der Waals surface area contributed by atoms with Crippen molar-refractivity contribution in [2.75, 3.05) is 7.11 Å². The zero-order chi connectivity index (χ0) is 9.68. The van der Waals surface area contributed by atoms with Gasteiger partial charge in [0.05, 0.1) is 7.11 Å². The van der Waals surface area contributed by atoms with Gasteiger partial charge in [0.2, 0.25) is 0 Å². The first-order valence-electron chi connectivity index (χ1n) is 4.74. The highest BCUT2D eigenvalue weighted by Crippen LogP contribution is 2.20. The monoisotopic (exact) mass is 175 g/mol. The molecule has 0 amide bonds. The van der Waals surface area contributed by atoms with E-state index in [4.69, 9.17) is 4.74 Å². The first-order valence-corrected chi connectivity index (χ1v) is 4.74. The van der Waals surface area contributed by atoms with Crippen LogP contribution in [0.1, 0.15) is 13.3 Å². The number of ether oxygens (including phenoxy) is 1. The summed E-state index contributed by atoms with van der Waals surface area (Å²) in [5.74, 6) is 1.39. The average molecular weight is 175 g/mol. The highest BCUT2D eigenvalue weighted by Gasteiger charge is 2.05. The fourth-order valence-electron chi connectivity index (χ4n) is 1.34. The van der Waals surface area contributed by atoms with Crippen LogP contribution < -0.4 is 0 Å². The molecule has 0 spiro atoms. The van der Waals surface area contributed by atoms with Crippen molar-refractivity contribution in [2.24, 2.45) is 0 Å². The van der Waals surface area contributed by atoms with Gasteiger partial charge in [0.1, 0.15) is 13.0 Å². The molecule has 0 aromatic heterocycles. The highest BCUT2D eigenvalue weighted by molar-refractivity contribution is 6.37. The first-order chi connectivity index (χ1) is 6.30. The topological polar surface area (TPSA) is 9.23 Å².